The normalized spacial score (nSPS) is 17.2. The molecule has 19 heavy (non-hydrogen) atoms. The van der Waals surface area contributed by atoms with Gasteiger partial charge in [-0.05, 0) is 0 Å². The molecular formula is C9H19N3O4S3. The summed E-state index contributed by atoms with van der Waals surface area (Å²) in [7, 11) is 2.41. The molecule has 0 saturated carbocycles. The topological polar surface area (TPSA) is 139 Å². The molecule has 0 aromatic heterocycles. The van der Waals surface area contributed by atoms with Crippen LogP contribution in [0.4, 0.5) is 0 Å². The molecule has 7 N–H and O–H groups in total. The van der Waals surface area contributed by atoms with E-state index < -0.39 is 24.0 Å². The number of aliphatic carboxylic acids is 2. The third-order valence-corrected chi connectivity index (χ3v) is 5.21. The maximum absolute atomic E-state index is 10.3. The number of rotatable bonds is 7. The monoisotopic (exact) mass is 329 g/mol. The van der Waals surface area contributed by atoms with Crippen LogP contribution in [0.3, 0.4) is 0 Å². The fourth-order valence-corrected chi connectivity index (χ4v) is 3.70. The molecule has 7 nitrogen and oxygen atoms in total. The number of thioether (sulfide) groups is 1. The zero-order chi connectivity index (χ0) is 14.7. The van der Waals surface area contributed by atoms with Gasteiger partial charge in [0.05, 0.1) is 0 Å². The average Bonchev–Trinajstić information content (AvgIpc) is 2.92. The van der Waals surface area contributed by atoms with Crippen LogP contribution in [0.1, 0.15) is 0 Å². The lowest BCUT2D eigenvalue weighted by Gasteiger charge is -2.07. The summed E-state index contributed by atoms with van der Waals surface area (Å²) in [6, 6.07) is -1.85. The Morgan fingerprint density at radius 1 is 1.16 bits per heavy atom. The van der Waals surface area contributed by atoms with Crippen LogP contribution in [-0.4, -0.2) is 63.9 Å². The second-order valence-corrected chi connectivity index (χ2v) is 7.17. The van der Waals surface area contributed by atoms with E-state index in [1.165, 1.54) is 39.8 Å². The van der Waals surface area contributed by atoms with Crippen molar-refractivity contribution in [1.29, 1.82) is 0 Å². The van der Waals surface area contributed by atoms with Crippen LogP contribution < -0.4 is 16.8 Å². The molecule has 112 valence electrons. The van der Waals surface area contributed by atoms with E-state index in [9.17, 15) is 9.59 Å². The van der Waals surface area contributed by atoms with Crippen LogP contribution in [0.2, 0.25) is 0 Å². The van der Waals surface area contributed by atoms with Crippen LogP contribution in [-0.2, 0) is 9.59 Å². The van der Waals surface area contributed by atoms with E-state index in [2.05, 4.69) is 5.32 Å². The predicted molar refractivity (Wildman–Crippen MR) is 81.5 cm³/mol. The van der Waals surface area contributed by atoms with Crippen molar-refractivity contribution >= 4 is 45.3 Å². The third-order valence-electron chi connectivity index (χ3n) is 1.84. The lowest BCUT2D eigenvalue weighted by molar-refractivity contribution is -0.138. The van der Waals surface area contributed by atoms with Crippen molar-refractivity contribution in [3.8, 4) is 0 Å². The van der Waals surface area contributed by atoms with Crippen molar-refractivity contribution in [2.45, 2.75) is 12.1 Å². The van der Waals surface area contributed by atoms with Gasteiger partial charge in [-0.25, -0.2) is 0 Å². The number of carboxylic acid groups (broad SMARTS) is 2. The summed E-state index contributed by atoms with van der Waals surface area (Å²) in [6.07, 6.45) is 0. The lowest BCUT2D eigenvalue weighted by Crippen LogP contribution is -2.33. The first-order valence-electron chi connectivity index (χ1n) is 5.44. The molecule has 1 aliphatic rings. The van der Waals surface area contributed by atoms with Gasteiger partial charge >= 0.3 is 11.9 Å². The number of hydrogen-bond donors (Lipinski definition) is 5. The molecular weight excluding hydrogens is 310 g/mol. The first-order chi connectivity index (χ1) is 8.95. The van der Waals surface area contributed by atoms with Gasteiger partial charge in [-0.2, -0.15) is 0 Å². The van der Waals surface area contributed by atoms with E-state index in [0.29, 0.717) is 0 Å². The summed E-state index contributed by atoms with van der Waals surface area (Å²) in [5, 5.41) is 20.0. The molecule has 10 heteroatoms. The Labute approximate surface area is 124 Å². The fourth-order valence-electron chi connectivity index (χ4n) is 0.746. The molecule has 0 aromatic rings. The number of carbonyl (C=O) groups is 2. The summed E-state index contributed by atoms with van der Waals surface area (Å²) in [5.41, 5.74) is 10.4. The van der Waals surface area contributed by atoms with E-state index in [4.69, 9.17) is 21.7 Å². The molecule has 1 rings (SSSR count). The van der Waals surface area contributed by atoms with Crippen LogP contribution in [0, 0.1) is 0 Å². The molecule has 1 fully saturated rings. The summed E-state index contributed by atoms with van der Waals surface area (Å²) in [4.78, 5) is 20.5. The number of nitrogens with one attached hydrogen (secondary N) is 1. The first-order valence-corrected chi connectivity index (χ1v) is 9.09. The van der Waals surface area contributed by atoms with Crippen LogP contribution in [0.15, 0.2) is 0 Å². The number of carboxylic acids is 2. The highest BCUT2D eigenvalue weighted by atomic mass is 33.1. The van der Waals surface area contributed by atoms with E-state index in [1.54, 1.807) is 0 Å². The second-order valence-electron chi connectivity index (χ2n) is 3.51. The summed E-state index contributed by atoms with van der Waals surface area (Å²) >= 11 is 1.96. The molecule has 1 heterocycles. The predicted octanol–water partition coefficient (Wildman–Crippen LogP) is -0.528. The SMILES string of the molecule is C1CSCN1.N[C@@H](CSSC[C@H](N)C(=O)O)C(=O)O. The summed E-state index contributed by atoms with van der Waals surface area (Å²) in [5.74, 6) is 0.792. The van der Waals surface area contributed by atoms with Crippen LogP contribution in [0.5, 0.6) is 0 Å². The molecule has 0 radical (unpaired) electrons. The van der Waals surface area contributed by atoms with Crippen LogP contribution >= 0.6 is 33.3 Å². The highest BCUT2D eigenvalue weighted by molar-refractivity contribution is 8.76. The molecule has 0 unspecified atom stereocenters. The zero-order valence-corrected chi connectivity index (χ0v) is 12.7. The molecule has 0 bridgehead atoms. The molecule has 0 spiro atoms. The minimum absolute atomic E-state index is 0.229. The van der Waals surface area contributed by atoms with E-state index in [1.807, 2.05) is 11.8 Å². The van der Waals surface area contributed by atoms with E-state index in [-0.39, 0.29) is 11.5 Å². The van der Waals surface area contributed by atoms with Gasteiger partial charge in [-0.15, -0.1) is 11.8 Å². The zero-order valence-electron chi connectivity index (χ0n) is 10.3. The van der Waals surface area contributed by atoms with E-state index >= 15 is 0 Å². The minimum atomic E-state index is -1.07. The fraction of sp³-hybridized carbons (Fsp3) is 0.778. The van der Waals surface area contributed by atoms with Gasteiger partial charge in [0, 0.05) is 29.7 Å². The Balaban J connectivity index is 0.000000532. The van der Waals surface area contributed by atoms with Crippen LogP contribution in [0.25, 0.3) is 0 Å². The van der Waals surface area contributed by atoms with Crippen molar-refractivity contribution in [3.63, 3.8) is 0 Å². The van der Waals surface area contributed by atoms with Crippen molar-refractivity contribution in [3.05, 3.63) is 0 Å². The molecule has 1 aliphatic heterocycles. The largest absolute Gasteiger partial charge is 0.480 e. The van der Waals surface area contributed by atoms with Crippen molar-refractivity contribution < 1.29 is 19.8 Å². The minimum Gasteiger partial charge on any atom is -0.480 e. The Morgan fingerprint density at radius 2 is 1.63 bits per heavy atom. The summed E-state index contributed by atoms with van der Waals surface area (Å²) in [6.45, 7) is 1.21. The second kappa shape index (κ2) is 11.7. The molecule has 2 atom stereocenters. The van der Waals surface area contributed by atoms with Gasteiger partial charge in [-0.3, -0.25) is 9.59 Å². The van der Waals surface area contributed by atoms with Gasteiger partial charge in [0.1, 0.15) is 12.1 Å². The number of nitrogens with two attached hydrogens (primary N) is 2. The maximum Gasteiger partial charge on any atom is 0.321 e. The first kappa shape index (κ1) is 18.9. The highest BCUT2D eigenvalue weighted by Crippen LogP contribution is 2.22. The Bertz CT molecular complexity index is 250. The Hall–Kier alpha value is -0.130. The number of hydrogen-bond acceptors (Lipinski definition) is 8. The Kier molecular flexibility index (Phi) is 11.6. The lowest BCUT2D eigenvalue weighted by atomic mass is 10.4. The Morgan fingerprint density at radius 3 is 1.84 bits per heavy atom. The van der Waals surface area contributed by atoms with Gasteiger partial charge in [-0.1, -0.05) is 21.6 Å². The quantitative estimate of drug-likeness (QED) is 0.306. The van der Waals surface area contributed by atoms with Crippen molar-refractivity contribution in [2.24, 2.45) is 11.5 Å². The molecule has 0 aliphatic carbocycles. The van der Waals surface area contributed by atoms with Gasteiger partial charge < -0.3 is 27.0 Å². The van der Waals surface area contributed by atoms with Crippen molar-refractivity contribution in [1.82, 2.24) is 5.32 Å². The summed E-state index contributed by atoms with van der Waals surface area (Å²) < 4.78 is 0. The van der Waals surface area contributed by atoms with Crippen molar-refractivity contribution in [2.75, 3.05) is 29.7 Å². The smallest absolute Gasteiger partial charge is 0.321 e. The van der Waals surface area contributed by atoms with Gasteiger partial charge in [0.15, 0.2) is 0 Å². The average molecular weight is 329 g/mol. The van der Waals surface area contributed by atoms with Gasteiger partial charge in [0.2, 0.25) is 0 Å². The standard InChI is InChI=1S/C6H12N2O4S2.C3H7NS/c7-3(5(9)10)1-13-14-2-4(8)6(11)12;1-2-5-3-4-1/h3-4H,1-2,7-8H2,(H,9,10)(H,11,12);4H,1-3H2/t3-,4-;/m0./s1. The maximum atomic E-state index is 10.3. The van der Waals surface area contributed by atoms with Gasteiger partial charge in [0.25, 0.3) is 0 Å². The third kappa shape index (κ3) is 11.4. The molecule has 1 saturated heterocycles. The molecule has 0 aromatic carbocycles. The highest BCUT2D eigenvalue weighted by Gasteiger charge is 2.14. The molecule has 0 amide bonds. The van der Waals surface area contributed by atoms with E-state index in [0.717, 1.165) is 0 Å².